The Labute approximate surface area is 107 Å². The normalized spacial score (nSPS) is 17.2. The molecule has 1 saturated carbocycles. The molecule has 3 rings (SSSR count). The van der Waals surface area contributed by atoms with E-state index in [0.717, 1.165) is 19.1 Å². The van der Waals surface area contributed by atoms with Gasteiger partial charge in [-0.3, -0.25) is 0 Å². The Balaban J connectivity index is 1.55. The molecule has 2 aromatic rings. The molecule has 1 atom stereocenters. The maximum Gasteiger partial charge on any atom is 0.0706 e. The molecule has 2 heterocycles. The van der Waals surface area contributed by atoms with Crippen LogP contribution in [0.25, 0.3) is 5.52 Å². The molecule has 18 heavy (non-hydrogen) atoms. The largest absolute Gasteiger partial charge is 0.312 e. The molecule has 4 nitrogen and oxygen atoms in total. The number of fused-ring (bicyclic) bond motifs is 1. The monoisotopic (exact) mass is 244 g/mol. The first-order valence-electron chi connectivity index (χ1n) is 6.71. The van der Waals surface area contributed by atoms with Gasteiger partial charge in [0, 0.05) is 36.9 Å². The van der Waals surface area contributed by atoms with Gasteiger partial charge < -0.3 is 10.6 Å². The van der Waals surface area contributed by atoms with E-state index < -0.39 is 0 Å². The van der Waals surface area contributed by atoms with Gasteiger partial charge in [-0.2, -0.15) is 5.10 Å². The van der Waals surface area contributed by atoms with E-state index in [1.807, 2.05) is 23.0 Å². The van der Waals surface area contributed by atoms with Gasteiger partial charge in [0.05, 0.1) is 11.7 Å². The highest BCUT2D eigenvalue weighted by molar-refractivity contribution is 5.53. The highest BCUT2D eigenvalue weighted by Crippen LogP contribution is 2.18. The van der Waals surface area contributed by atoms with Crippen molar-refractivity contribution in [1.82, 2.24) is 20.2 Å². The van der Waals surface area contributed by atoms with Crippen LogP contribution < -0.4 is 10.6 Å². The summed E-state index contributed by atoms with van der Waals surface area (Å²) in [6.07, 6.45) is 6.63. The molecule has 0 aliphatic heterocycles. The lowest BCUT2D eigenvalue weighted by atomic mass is 10.2. The molecule has 2 N–H and O–H groups in total. The molecule has 0 spiro atoms. The molecule has 0 aromatic carbocycles. The lowest BCUT2D eigenvalue weighted by Gasteiger charge is -2.13. The van der Waals surface area contributed by atoms with E-state index >= 15 is 0 Å². The smallest absolute Gasteiger partial charge is 0.0706 e. The first-order chi connectivity index (χ1) is 8.83. The summed E-state index contributed by atoms with van der Waals surface area (Å²) in [5.74, 6) is 0. The number of aromatic nitrogens is 2. The standard InChI is InChI=1S/C14H20N4/c1-11(8-16-13-5-6-13)15-9-12-10-17-18-7-3-2-4-14(12)18/h2-4,7,10-11,13,15-16H,5-6,8-9H2,1H3. The van der Waals surface area contributed by atoms with Crippen LogP contribution in [0.3, 0.4) is 0 Å². The second-order valence-corrected chi connectivity index (χ2v) is 5.16. The third kappa shape index (κ3) is 2.71. The van der Waals surface area contributed by atoms with Crippen molar-refractivity contribution in [2.45, 2.75) is 38.4 Å². The molecule has 96 valence electrons. The van der Waals surface area contributed by atoms with Gasteiger partial charge >= 0.3 is 0 Å². The second-order valence-electron chi connectivity index (χ2n) is 5.16. The highest BCUT2D eigenvalue weighted by Gasteiger charge is 2.20. The Morgan fingerprint density at radius 2 is 2.33 bits per heavy atom. The van der Waals surface area contributed by atoms with Crippen LogP contribution in [-0.2, 0) is 6.54 Å². The lowest BCUT2D eigenvalue weighted by molar-refractivity contribution is 0.501. The minimum Gasteiger partial charge on any atom is -0.312 e. The van der Waals surface area contributed by atoms with E-state index in [4.69, 9.17) is 0 Å². The summed E-state index contributed by atoms with van der Waals surface area (Å²) in [6, 6.07) is 7.44. The van der Waals surface area contributed by atoms with E-state index in [-0.39, 0.29) is 0 Å². The van der Waals surface area contributed by atoms with Crippen LogP contribution in [-0.4, -0.2) is 28.2 Å². The number of pyridine rings is 1. The lowest BCUT2D eigenvalue weighted by Crippen LogP contribution is -2.36. The van der Waals surface area contributed by atoms with E-state index in [0.29, 0.717) is 6.04 Å². The first kappa shape index (κ1) is 11.7. The molecule has 0 saturated heterocycles. The number of nitrogens with zero attached hydrogens (tertiary/aromatic N) is 2. The van der Waals surface area contributed by atoms with E-state index in [1.165, 1.54) is 23.9 Å². The number of hydrogen-bond donors (Lipinski definition) is 2. The summed E-state index contributed by atoms with van der Waals surface area (Å²) < 4.78 is 1.92. The fourth-order valence-corrected chi connectivity index (χ4v) is 2.11. The molecule has 0 bridgehead atoms. The predicted molar refractivity (Wildman–Crippen MR) is 72.5 cm³/mol. The maximum absolute atomic E-state index is 4.34. The Hall–Kier alpha value is -1.39. The minimum absolute atomic E-state index is 0.490. The number of hydrogen-bond acceptors (Lipinski definition) is 3. The number of rotatable bonds is 6. The summed E-state index contributed by atoms with van der Waals surface area (Å²) in [5.41, 5.74) is 2.45. The predicted octanol–water partition coefficient (Wildman–Crippen LogP) is 1.56. The Kier molecular flexibility index (Phi) is 3.30. The fraction of sp³-hybridized carbons (Fsp3) is 0.500. The molecule has 1 aliphatic carbocycles. The third-order valence-corrected chi connectivity index (χ3v) is 3.44. The van der Waals surface area contributed by atoms with Gasteiger partial charge in [0.2, 0.25) is 0 Å². The topological polar surface area (TPSA) is 41.4 Å². The Bertz CT molecular complexity index is 515. The van der Waals surface area contributed by atoms with Gasteiger partial charge in [-0.1, -0.05) is 6.07 Å². The summed E-state index contributed by atoms with van der Waals surface area (Å²) >= 11 is 0. The molecule has 2 aromatic heterocycles. The highest BCUT2D eigenvalue weighted by atomic mass is 15.2. The Morgan fingerprint density at radius 3 is 3.17 bits per heavy atom. The molecular weight excluding hydrogens is 224 g/mol. The van der Waals surface area contributed by atoms with Crippen LogP contribution in [0.2, 0.25) is 0 Å². The zero-order valence-corrected chi connectivity index (χ0v) is 10.8. The average Bonchev–Trinajstić information content (AvgIpc) is 3.14. The van der Waals surface area contributed by atoms with Gasteiger partial charge in [-0.15, -0.1) is 0 Å². The van der Waals surface area contributed by atoms with Crippen LogP contribution >= 0.6 is 0 Å². The molecule has 1 fully saturated rings. The van der Waals surface area contributed by atoms with Crippen LogP contribution in [0, 0.1) is 0 Å². The maximum atomic E-state index is 4.34. The van der Waals surface area contributed by atoms with E-state index in [2.05, 4.69) is 34.8 Å². The summed E-state index contributed by atoms with van der Waals surface area (Å²) in [7, 11) is 0. The number of nitrogens with one attached hydrogen (secondary N) is 2. The first-order valence-corrected chi connectivity index (χ1v) is 6.71. The summed E-state index contributed by atoms with van der Waals surface area (Å²) in [6.45, 7) is 4.14. The molecule has 4 heteroatoms. The Morgan fingerprint density at radius 1 is 1.44 bits per heavy atom. The van der Waals surface area contributed by atoms with Crippen molar-refractivity contribution in [3.05, 3.63) is 36.2 Å². The van der Waals surface area contributed by atoms with Crippen molar-refractivity contribution in [1.29, 1.82) is 0 Å². The average molecular weight is 244 g/mol. The summed E-state index contributed by atoms with van der Waals surface area (Å²) in [4.78, 5) is 0. The van der Waals surface area contributed by atoms with Crippen molar-refractivity contribution >= 4 is 5.52 Å². The molecule has 0 amide bonds. The van der Waals surface area contributed by atoms with Crippen LogP contribution in [0.1, 0.15) is 25.3 Å². The summed E-state index contributed by atoms with van der Waals surface area (Å²) in [5, 5.41) is 11.4. The zero-order chi connectivity index (χ0) is 12.4. The van der Waals surface area contributed by atoms with E-state index in [9.17, 15) is 0 Å². The molecular formula is C14H20N4. The van der Waals surface area contributed by atoms with Crippen LogP contribution in [0.4, 0.5) is 0 Å². The van der Waals surface area contributed by atoms with Gasteiger partial charge in [0.15, 0.2) is 0 Å². The van der Waals surface area contributed by atoms with Crippen LogP contribution in [0.5, 0.6) is 0 Å². The van der Waals surface area contributed by atoms with Gasteiger partial charge in [0.25, 0.3) is 0 Å². The molecule has 0 radical (unpaired) electrons. The fourth-order valence-electron chi connectivity index (χ4n) is 2.11. The zero-order valence-electron chi connectivity index (χ0n) is 10.8. The van der Waals surface area contributed by atoms with Crippen molar-refractivity contribution in [2.75, 3.05) is 6.54 Å². The molecule has 1 aliphatic rings. The van der Waals surface area contributed by atoms with Gasteiger partial charge in [0.1, 0.15) is 0 Å². The van der Waals surface area contributed by atoms with E-state index in [1.54, 1.807) is 0 Å². The molecule has 1 unspecified atom stereocenters. The third-order valence-electron chi connectivity index (χ3n) is 3.44. The SMILES string of the molecule is CC(CNC1CC1)NCc1cnn2ccccc12. The van der Waals surface area contributed by atoms with Crippen LogP contribution in [0.15, 0.2) is 30.6 Å². The van der Waals surface area contributed by atoms with Crippen molar-refractivity contribution in [3.8, 4) is 0 Å². The van der Waals surface area contributed by atoms with Crippen molar-refractivity contribution < 1.29 is 0 Å². The van der Waals surface area contributed by atoms with Crippen molar-refractivity contribution in [3.63, 3.8) is 0 Å². The van der Waals surface area contributed by atoms with Gasteiger partial charge in [-0.05, 0) is 31.9 Å². The van der Waals surface area contributed by atoms with Crippen molar-refractivity contribution in [2.24, 2.45) is 0 Å². The van der Waals surface area contributed by atoms with Gasteiger partial charge in [-0.25, -0.2) is 4.52 Å². The quantitative estimate of drug-likeness (QED) is 0.810. The second kappa shape index (κ2) is 5.08. The minimum atomic E-state index is 0.490.